The van der Waals surface area contributed by atoms with Crippen LogP contribution in [-0.2, 0) is 11.3 Å². The summed E-state index contributed by atoms with van der Waals surface area (Å²) >= 11 is 0. The third-order valence-corrected chi connectivity index (χ3v) is 4.70. The van der Waals surface area contributed by atoms with E-state index in [1.165, 1.54) is 12.0 Å². The van der Waals surface area contributed by atoms with Crippen LogP contribution in [0.5, 0.6) is 0 Å². The fourth-order valence-corrected chi connectivity index (χ4v) is 3.31. The first-order valence-electron chi connectivity index (χ1n) is 8.74. The largest absolute Gasteiger partial charge is 0.341 e. The second-order valence-electron chi connectivity index (χ2n) is 7.24. The first-order chi connectivity index (χ1) is 11.0. The van der Waals surface area contributed by atoms with E-state index in [4.69, 9.17) is 5.73 Å². The predicted octanol–water partition coefficient (Wildman–Crippen LogP) is 2.34. The predicted molar refractivity (Wildman–Crippen MR) is 94.9 cm³/mol. The lowest BCUT2D eigenvalue weighted by atomic mass is 9.95. The molecule has 0 aliphatic carbocycles. The number of carbonyl (C=O) groups is 1. The summed E-state index contributed by atoms with van der Waals surface area (Å²) in [4.78, 5) is 16.8. The summed E-state index contributed by atoms with van der Waals surface area (Å²) in [7, 11) is 2.16. The molecule has 4 nitrogen and oxygen atoms in total. The Labute approximate surface area is 140 Å². The van der Waals surface area contributed by atoms with E-state index in [0.29, 0.717) is 5.92 Å². The third-order valence-electron chi connectivity index (χ3n) is 4.70. The van der Waals surface area contributed by atoms with Crippen LogP contribution in [0.4, 0.5) is 0 Å². The number of amides is 1. The van der Waals surface area contributed by atoms with E-state index in [1.54, 1.807) is 0 Å². The Morgan fingerprint density at radius 2 is 2.04 bits per heavy atom. The molecule has 2 atom stereocenters. The number of carbonyl (C=O) groups excluding carboxylic acids is 1. The third kappa shape index (κ3) is 5.33. The van der Waals surface area contributed by atoms with E-state index in [2.05, 4.69) is 36.2 Å². The van der Waals surface area contributed by atoms with Crippen LogP contribution in [0.25, 0.3) is 0 Å². The molecular weight excluding hydrogens is 286 g/mol. The molecule has 1 amide bonds. The van der Waals surface area contributed by atoms with Crippen molar-refractivity contribution in [2.24, 2.45) is 17.6 Å². The fourth-order valence-electron chi connectivity index (χ4n) is 3.31. The van der Waals surface area contributed by atoms with Crippen molar-refractivity contribution >= 4 is 5.91 Å². The Kier molecular flexibility index (Phi) is 6.60. The van der Waals surface area contributed by atoms with Crippen molar-refractivity contribution in [1.82, 2.24) is 9.80 Å². The van der Waals surface area contributed by atoms with Gasteiger partial charge in [0.1, 0.15) is 0 Å². The molecule has 0 radical (unpaired) electrons. The van der Waals surface area contributed by atoms with Gasteiger partial charge in [-0.3, -0.25) is 4.79 Å². The molecule has 23 heavy (non-hydrogen) atoms. The van der Waals surface area contributed by atoms with E-state index < -0.39 is 0 Å². The number of rotatable bonds is 6. The normalized spacial score (nSPS) is 20.1. The molecule has 1 saturated heterocycles. The standard InChI is InChI=1S/C19H31N3O/c1-15(2)18(20)19(23)22-11-7-10-17(14-22)13-21(3)12-16-8-5-4-6-9-16/h4-6,8-9,15,17-18H,7,10-14,20H2,1-3H3/t17-,18+/m1/s1. The Hall–Kier alpha value is -1.39. The van der Waals surface area contributed by atoms with Crippen molar-refractivity contribution in [3.63, 3.8) is 0 Å². The van der Waals surface area contributed by atoms with E-state index in [-0.39, 0.29) is 17.9 Å². The number of hydrogen-bond acceptors (Lipinski definition) is 3. The maximum absolute atomic E-state index is 12.4. The summed E-state index contributed by atoms with van der Waals surface area (Å²) in [6, 6.07) is 10.2. The molecule has 4 heteroatoms. The highest BCUT2D eigenvalue weighted by Crippen LogP contribution is 2.19. The van der Waals surface area contributed by atoms with Crippen molar-refractivity contribution in [2.45, 2.75) is 39.3 Å². The molecule has 1 aliphatic heterocycles. The molecule has 1 aromatic rings. The molecule has 1 heterocycles. The van der Waals surface area contributed by atoms with Crippen LogP contribution < -0.4 is 5.73 Å². The topological polar surface area (TPSA) is 49.6 Å². The summed E-state index contributed by atoms with van der Waals surface area (Å²) in [6.07, 6.45) is 2.28. The molecule has 1 aliphatic rings. The van der Waals surface area contributed by atoms with Gasteiger partial charge >= 0.3 is 0 Å². The van der Waals surface area contributed by atoms with Crippen LogP contribution in [0.15, 0.2) is 30.3 Å². The molecule has 1 aromatic carbocycles. The number of nitrogens with two attached hydrogens (primary N) is 1. The number of likely N-dealkylation sites (tertiary alicyclic amines) is 1. The minimum Gasteiger partial charge on any atom is -0.341 e. The van der Waals surface area contributed by atoms with Crippen LogP contribution in [0.3, 0.4) is 0 Å². The number of hydrogen-bond donors (Lipinski definition) is 1. The molecule has 0 bridgehead atoms. The Morgan fingerprint density at radius 1 is 1.35 bits per heavy atom. The van der Waals surface area contributed by atoms with Gasteiger partial charge < -0.3 is 15.5 Å². The minimum atomic E-state index is -0.365. The van der Waals surface area contributed by atoms with Gasteiger partial charge in [0.15, 0.2) is 0 Å². The van der Waals surface area contributed by atoms with Gasteiger partial charge in [0.05, 0.1) is 6.04 Å². The molecular formula is C19H31N3O. The minimum absolute atomic E-state index is 0.121. The fraction of sp³-hybridized carbons (Fsp3) is 0.632. The maximum Gasteiger partial charge on any atom is 0.239 e. The van der Waals surface area contributed by atoms with E-state index in [0.717, 1.165) is 32.6 Å². The lowest BCUT2D eigenvalue weighted by Crippen LogP contribution is -2.51. The summed E-state index contributed by atoms with van der Waals surface area (Å²) in [5.74, 6) is 0.861. The van der Waals surface area contributed by atoms with Gasteiger partial charge in [-0.05, 0) is 37.3 Å². The number of nitrogens with zero attached hydrogens (tertiary/aromatic N) is 2. The first kappa shape index (κ1) is 18.0. The van der Waals surface area contributed by atoms with E-state index in [9.17, 15) is 4.79 Å². The van der Waals surface area contributed by atoms with Gasteiger partial charge in [-0.25, -0.2) is 0 Å². The molecule has 2 N–H and O–H groups in total. The zero-order valence-corrected chi connectivity index (χ0v) is 14.7. The van der Waals surface area contributed by atoms with Gasteiger partial charge in [0.25, 0.3) is 0 Å². The van der Waals surface area contributed by atoms with Gasteiger partial charge in [0, 0.05) is 26.2 Å². The smallest absolute Gasteiger partial charge is 0.239 e. The van der Waals surface area contributed by atoms with Gasteiger partial charge in [0.2, 0.25) is 5.91 Å². The summed E-state index contributed by atoms with van der Waals surface area (Å²) < 4.78 is 0. The highest BCUT2D eigenvalue weighted by atomic mass is 16.2. The zero-order chi connectivity index (χ0) is 16.8. The van der Waals surface area contributed by atoms with Crippen molar-refractivity contribution < 1.29 is 4.79 Å². The number of piperidine rings is 1. The Balaban J connectivity index is 1.85. The SMILES string of the molecule is CC(C)[C@H](N)C(=O)N1CCC[C@H](CN(C)Cc2ccccc2)C1. The second-order valence-corrected chi connectivity index (χ2v) is 7.24. The van der Waals surface area contributed by atoms with Crippen molar-refractivity contribution in [3.05, 3.63) is 35.9 Å². The molecule has 0 saturated carbocycles. The van der Waals surface area contributed by atoms with Crippen LogP contribution in [0.2, 0.25) is 0 Å². The molecule has 0 aromatic heterocycles. The monoisotopic (exact) mass is 317 g/mol. The number of benzene rings is 1. The Morgan fingerprint density at radius 3 is 2.70 bits per heavy atom. The zero-order valence-electron chi connectivity index (χ0n) is 14.7. The maximum atomic E-state index is 12.4. The van der Waals surface area contributed by atoms with Crippen LogP contribution in [-0.4, -0.2) is 48.4 Å². The summed E-state index contributed by atoms with van der Waals surface area (Å²) in [5, 5.41) is 0. The highest BCUT2D eigenvalue weighted by Gasteiger charge is 2.28. The van der Waals surface area contributed by atoms with Gasteiger partial charge in [-0.1, -0.05) is 44.2 Å². The molecule has 0 spiro atoms. The highest BCUT2D eigenvalue weighted by molar-refractivity contribution is 5.82. The van der Waals surface area contributed by atoms with Gasteiger partial charge in [-0.15, -0.1) is 0 Å². The van der Waals surface area contributed by atoms with Crippen LogP contribution >= 0.6 is 0 Å². The average molecular weight is 317 g/mol. The van der Waals surface area contributed by atoms with Crippen molar-refractivity contribution in [1.29, 1.82) is 0 Å². The first-order valence-corrected chi connectivity index (χ1v) is 8.74. The molecule has 1 fully saturated rings. The quantitative estimate of drug-likeness (QED) is 0.876. The van der Waals surface area contributed by atoms with E-state index >= 15 is 0 Å². The molecule has 128 valence electrons. The van der Waals surface area contributed by atoms with Gasteiger partial charge in [-0.2, -0.15) is 0 Å². The second kappa shape index (κ2) is 8.46. The molecule has 0 unspecified atom stereocenters. The van der Waals surface area contributed by atoms with Crippen LogP contribution in [0, 0.1) is 11.8 Å². The van der Waals surface area contributed by atoms with Crippen molar-refractivity contribution in [2.75, 3.05) is 26.7 Å². The summed E-state index contributed by atoms with van der Waals surface area (Å²) in [5.41, 5.74) is 7.37. The lowest BCUT2D eigenvalue weighted by Gasteiger charge is -2.36. The summed E-state index contributed by atoms with van der Waals surface area (Å²) in [6.45, 7) is 7.71. The lowest BCUT2D eigenvalue weighted by molar-refractivity contribution is -0.135. The average Bonchev–Trinajstić information content (AvgIpc) is 2.54. The molecule has 2 rings (SSSR count). The van der Waals surface area contributed by atoms with Crippen molar-refractivity contribution in [3.8, 4) is 0 Å². The Bertz CT molecular complexity index is 489. The van der Waals surface area contributed by atoms with E-state index in [1.807, 2.05) is 24.8 Å². The van der Waals surface area contributed by atoms with Crippen LogP contribution in [0.1, 0.15) is 32.3 Å².